The van der Waals surface area contributed by atoms with Crippen LogP contribution in [-0.2, 0) is 6.42 Å². The monoisotopic (exact) mass is 278 g/mol. The van der Waals surface area contributed by atoms with E-state index in [0.29, 0.717) is 13.0 Å². The van der Waals surface area contributed by atoms with E-state index >= 15 is 0 Å². The second kappa shape index (κ2) is 8.19. The van der Waals surface area contributed by atoms with Crippen LogP contribution in [0.4, 0.5) is 4.79 Å². The number of carbonyl (C=O) groups is 2. The third-order valence-electron chi connectivity index (χ3n) is 3.00. The highest BCUT2D eigenvalue weighted by Gasteiger charge is 2.05. The van der Waals surface area contributed by atoms with Gasteiger partial charge in [-0.15, -0.1) is 0 Å². The Balaban J connectivity index is 2.30. The Bertz CT molecular complexity index is 443. The van der Waals surface area contributed by atoms with Crippen LogP contribution in [0.2, 0.25) is 0 Å². The predicted octanol–water partition coefficient (Wildman–Crippen LogP) is 2.42. The number of carbonyl (C=O) groups excluding carboxylic acids is 1. The van der Waals surface area contributed by atoms with Crippen LogP contribution in [0.5, 0.6) is 0 Å². The van der Waals surface area contributed by atoms with Crippen LogP contribution in [0.3, 0.4) is 0 Å². The molecular weight excluding hydrogens is 256 g/mol. The van der Waals surface area contributed by atoms with Gasteiger partial charge in [0, 0.05) is 12.6 Å². The average molecular weight is 278 g/mol. The molecule has 1 aromatic rings. The van der Waals surface area contributed by atoms with Crippen molar-refractivity contribution in [3.8, 4) is 0 Å². The van der Waals surface area contributed by atoms with Crippen molar-refractivity contribution in [1.29, 1.82) is 0 Å². The molecule has 1 unspecified atom stereocenters. The normalized spacial score (nSPS) is 11.7. The number of hydrogen-bond donors (Lipinski definition) is 3. The van der Waals surface area contributed by atoms with Crippen molar-refractivity contribution >= 4 is 12.0 Å². The summed E-state index contributed by atoms with van der Waals surface area (Å²) < 4.78 is 0. The van der Waals surface area contributed by atoms with E-state index in [1.165, 1.54) is 0 Å². The van der Waals surface area contributed by atoms with Crippen LogP contribution in [0, 0.1) is 0 Å². The van der Waals surface area contributed by atoms with Crippen LogP contribution >= 0.6 is 0 Å². The molecule has 20 heavy (non-hydrogen) atoms. The van der Waals surface area contributed by atoms with E-state index < -0.39 is 5.97 Å². The molecule has 0 saturated heterocycles. The van der Waals surface area contributed by atoms with E-state index in [4.69, 9.17) is 5.11 Å². The maximum Gasteiger partial charge on any atom is 0.335 e. The molecule has 3 N–H and O–H groups in total. The van der Waals surface area contributed by atoms with Crippen molar-refractivity contribution in [2.75, 3.05) is 6.54 Å². The molecule has 1 atom stereocenters. The lowest BCUT2D eigenvalue weighted by atomic mass is 10.1. The highest BCUT2D eigenvalue weighted by Crippen LogP contribution is 2.04. The minimum Gasteiger partial charge on any atom is -0.478 e. The summed E-state index contributed by atoms with van der Waals surface area (Å²) in [5.74, 6) is -0.932. The van der Waals surface area contributed by atoms with Crippen molar-refractivity contribution < 1.29 is 14.7 Å². The first-order chi connectivity index (χ1) is 9.52. The van der Waals surface area contributed by atoms with Crippen molar-refractivity contribution in [1.82, 2.24) is 10.6 Å². The zero-order chi connectivity index (χ0) is 15.0. The molecule has 0 radical (unpaired) electrons. The Morgan fingerprint density at radius 3 is 2.45 bits per heavy atom. The maximum absolute atomic E-state index is 11.6. The van der Waals surface area contributed by atoms with Crippen molar-refractivity contribution in [3.63, 3.8) is 0 Å². The third kappa shape index (κ3) is 5.73. The first-order valence-electron chi connectivity index (χ1n) is 6.89. The Kier molecular flexibility index (Phi) is 6.56. The molecule has 0 aromatic heterocycles. The molecule has 1 rings (SSSR count). The average Bonchev–Trinajstić information content (AvgIpc) is 2.39. The minimum absolute atomic E-state index is 0.159. The molecule has 0 heterocycles. The van der Waals surface area contributed by atoms with Gasteiger partial charge in [-0.3, -0.25) is 0 Å². The van der Waals surface area contributed by atoms with E-state index in [2.05, 4.69) is 17.6 Å². The summed E-state index contributed by atoms with van der Waals surface area (Å²) in [6.07, 6.45) is 2.68. The van der Waals surface area contributed by atoms with Crippen LogP contribution in [0.15, 0.2) is 24.3 Å². The van der Waals surface area contributed by atoms with Gasteiger partial charge in [-0.05, 0) is 37.5 Å². The lowest BCUT2D eigenvalue weighted by molar-refractivity contribution is 0.0697. The quantitative estimate of drug-likeness (QED) is 0.716. The fourth-order valence-electron chi connectivity index (χ4n) is 1.91. The SMILES string of the molecule is CCCC(C)NC(=O)NCCc1ccc(C(=O)O)cc1. The second-order valence-electron chi connectivity index (χ2n) is 4.84. The van der Waals surface area contributed by atoms with Gasteiger partial charge in [0.2, 0.25) is 0 Å². The van der Waals surface area contributed by atoms with Crippen molar-refractivity contribution in [2.45, 2.75) is 39.2 Å². The lowest BCUT2D eigenvalue weighted by Gasteiger charge is -2.13. The number of aromatic carboxylic acids is 1. The van der Waals surface area contributed by atoms with Gasteiger partial charge in [0.1, 0.15) is 0 Å². The van der Waals surface area contributed by atoms with E-state index in [9.17, 15) is 9.59 Å². The largest absolute Gasteiger partial charge is 0.478 e. The first-order valence-corrected chi connectivity index (χ1v) is 6.89. The fourth-order valence-corrected chi connectivity index (χ4v) is 1.91. The number of urea groups is 1. The molecule has 110 valence electrons. The molecule has 1 aromatic carbocycles. The molecule has 0 aliphatic rings. The topological polar surface area (TPSA) is 78.4 Å². The van der Waals surface area contributed by atoms with Gasteiger partial charge in [-0.25, -0.2) is 9.59 Å². The van der Waals surface area contributed by atoms with Gasteiger partial charge < -0.3 is 15.7 Å². The van der Waals surface area contributed by atoms with E-state index in [1.54, 1.807) is 24.3 Å². The van der Waals surface area contributed by atoms with Crippen LogP contribution in [0.25, 0.3) is 0 Å². The summed E-state index contributed by atoms with van der Waals surface area (Å²) in [5.41, 5.74) is 1.27. The van der Waals surface area contributed by atoms with E-state index in [1.807, 2.05) is 6.92 Å². The summed E-state index contributed by atoms with van der Waals surface area (Å²) in [4.78, 5) is 22.3. The number of rotatable bonds is 7. The van der Waals surface area contributed by atoms with Gasteiger partial charge in [-0.2, -0.15) is 0 Å². The Morgan fingerprint density at radius 2 is 1.90 bits per heavy atom. The smallest absolute Gasteiger partial charge is 0.335 e. The van der Waals surface area contributed by atoms with Crippen molar-refractivity contribution in [2.24, 2.45) is 0 Å². The first kappa shape index (κ1) is 16.0. The van der Waals surface area contributed by atoms with Gasteiger partial charge in [0.15, 0.2) is 0 Å². The number of nitrogens with one attached hydrogen (secondary N) is 2. The summed E-state index contributed by atoms with van der Waals surface area (Å²) in [6.45, 7) is 4.58. The molecule has 0 bridgehead atoms. The summed E-state index contributed by atoms with van der Waals surface area (Å²) in [6, 6.07) is 6.69. The lowest BCUT2D eigenvalue weighted by Crippen LogP contribution is -2.41. The van der Waals surface area contributed by atoms with E-state index in [-0.39, 0.29) is 17.6 Å². The predicted molar refractivity (Wildman–Crippen MR) is 78.0 cm³/mol. The summed E-state index contributed by atoms with van der Waals surface area (Å²) in [7, 11) is 0. The molecule has 0 saturated carbocycles. The van der Waals surface area contributed by atoms with Gasteiger partial charge >= 0.3 is 12.0 Å². The fraction of sp³-hybridized carbons (Fsp3) is 0.467. The van der Waals surface area contributed by atoms with Crippen LogP contribution in [0.1, 0.15) is 42.6 Å². The molecule has 0 aliphatic carbocycles. The Morgan fingerprint density at radius 1 is 1.25 bits per heavy atom. The molecule has 5 nitrogen and oxygen atoms in total. The van der Waals surface area contributed by atoms with Crippen LogP contribution < -0.4 is 10.6 Å². The summed E-state index contributed by atoms with van der Waals surface area (Å²) >= 11 is 0. The number of carboxylic acids is 1. The summed E-state index contributed by atoms with van der Waals surface area (Å²) in [5, 5.41) is 14.4. The molecule has 0 fully saturated rings. The number of carboxylic acid groups (broad SMARTS) is 1. The molecule has 0 aliphatic heterocycles. The highest BCUT2D eigenvalue weighted by atomic mass is 16.4. The molecular formula is C15H22N2O3. The molecule has 5 heteroatoms. The minimum atomic E-state index is -0.932. The van der Waals surface area contributed by atoms with E-state index in [0.717, 1.165) is 18.4 Å². The maximum atomic E-state index is 11.6. The Labute approximate surface area is 119 Å². The number of amides is 2. The zero-order valence-corrected chi connectivity index (χ0v) is 12.0. The van der Waals surface area contributed by atoms with Crippen molar-refractivity contribution in [3.05, 3.63) is 35.4 Å². The highest BCUT2D eigenvalue weighted by molar-refractivity contribution is 5.87. The third-order valence-corrected chi connectivity index (χ3v) is 3.00. The molecule has 2 amide bonds. The second-order valence-corrected chi connectivity index (χ2v) is 4.84. The number of benzene rings is 1. The Hall–Kier alpha value is -2.04. The van der Waals surface area contributed by atoms with Gasteiger partial charge in [-0.1, -0.05) is 25.5 Å². The van der Waals surface area contributed by atoms with Gasteiger partial charge in [0.05, 0.1) is 5.56 Å². The van der Waals surface area contributed by atoms with Crippen LogP contribution in [-0.4, -0.2) is 29.7 Å². The number of hydrogen-bond acceptors (Lipinski definition) is 2. The molecule has 0 spiro atoms. The zero-order valence-electron chi connectivity index (χ0n) is 12.0. The van der Waals surface area contributed by atoms with Gasteiger partial charge in [0.25, 0.3) is 0 Å². The standard InChI is InChI=1S/C15H22N2O3/c1-3-4-11(2)17-15(20)16-10-9-12-5-7-13(8-6-12)14(18)19/h5-8,11H,3-4,9-10H2,1-2H3,(H,18,19)(H2,16,17,20).